The lowest BCUT2D eigenvalue weighted by Crippen LogP contribution is -2.45. The summed E-state index contributed by atoms with van der Waals surface area (Å²) in [4.78, 5) is 14.6. The van der Waals surface area contributed by atoms with Crippen LogP contribution in [0.1, 0.15) is 58.8 Å². The van der Waals surface area contributed by atoms with Gasteiger partial charge in [-0.2, -0.15) is 0 Å². The maximum Gasteiger partial charge on any atom is 0.223 e. The fourth-order valence-electron chi connectivity index (χ4n) is 3.63. The van der Waals surface area contributed by atoms with E-state index in [1.807, 2.05) is 6.92 Å². The summed E-state index contributed by atoms with van der Waals surface area (Å²) in [7, 11) is 0. The zero-order valence-corrected chi connectivity index (χ0v) is 13.0. The fourth-order valence-corrected chi connectivity index (χ4v) is 3.63. The summed E-state index contributed by atoms with van der Waals surface area (Å²) < 4.78 is 5.57. The molecule has 2 fully saturated rings. The van der Waals surface area contributed by atoms with Crippen molar-refractivity contribution >= 4 is 5.91 Å². The maximum atomic E-state index is 12.5. The number of hydrogen-bond donors (Lipinski definition) is 1. The Hall–Kier alpha value is -0.610. The Morgan fingerprint density at radius 1 is 1.20 bits per heavy atom. The van der Waals surface area contributed by atoms with Crippen molar-refractivity contribution in [2.75, 3.05) is 13.2 Å². The molecule has 2 saturated carbocycles. The Labute approximate surface area is 123 Å². The van der Waals surface area contributed by atoms with Crippen molar-refractivity contribution in [3.63, 3.8) is 0 Å². The van der Waals surface area contributed by atoms with E-state index in [1.54, 1.807) is 0 Å². The predicted octanol–water partition coefficient (Wildman–Crippen LogP) is 2.31. The smallest absolute Gasteiger partial charge is 0.223 e. The molecule has 0 bridgehead atoms. The first-order valence-corrected chi connectivity index (χ1v) is 8.30. The Bertz CT molecular complexity index is 308. The topological polar surface area (TPSA) is 55.6 Å². The highest BCUT2D eigenvalue weighted by Crippen LogP contribution is 2.34. The summed E-state index contributed by atoms with van der Waals surface area (Å²) in [6, 6.07) is 0.772. The van der Waals surface area contributed by atoms with Crippen molar-refractivity contribution in [1.82, 2.24) is 4.90 Å². The summed E-state index contributed by atoms with van der Waals surface area (Å²) in [6.45, 7) is 5.75. The molecule has 4 heteroatoms. The van der Waals surface area contributed by atoms with Crippen LogP contribution in [0.15, 0.2) is 0 Å². The Balaban J connectivity index is 1.75. The van der Waals surface area contributed by atoms with Crippen molar-refractivity contribution in [2.24, 2.45) is 11.7 Å². The van der Waals surface area contributed by atoms with Crippen LogP contribution < -0.4 is 5.73 Å². The molecular formula is C16H30N2O2. The third kappa shape index (κ3) is 3.95. The summed E-state index contributed by atoms with van der Waals surface area (Å²) >= 11 is 0. The zero-order chi connectivity index (χ0) is 14.5. The first-order chi connectivity index (χ1) is 9.63. The second kappa shape index (κ2) is 7.41. The van der Waals surface area contributed by atoms with Crippen LogP contribution in [0.4, 0.5) is 0 Å². The van der Waals surface area contributed by atoms with Gasteiger partial charge in [0.25, 0.3) is 0 Å². The highest BCUT2D eigenvalue weighted by Gasteiger charge is 2.34. The monoisotopic (exact) mass is 282 g/mol. The van der Waals surface area contributed by atoms with Crippen molar-refractivity contribution in [3.8, 4) is 0 Å². The van der Waals surface area contributed by atoms with Gasteiger partial charge in [-0.25, -0.2) is 0 Å². The molecule has 20 heavy (non-hydrogen) atoms. The molecule has 0 radical (unpaired) electrons. The van der Waals surface area contributed by atoms with E-state index in [-0.39, 0.29) is 0 Å². The van der Waals surface area contributed by atoms with Gasteiger partial charge in [-0.05, 0) is 58.3 Å². The number of hydrogen-bond acceptors (Lipinski definition) is 3. The normalized spacial score (nSPS) is 33.5. The van der Waals surface area contributed by atoms with Crippen LogP contribution in [0, 0.1) is 5.92 Å². The van der Waals surface area contributed by atoms with Gasteiger partial charge in [0.1, 0.15) is 0 Å². The minimum atomic E-state index is 0.341. The van der Waals surface area contributed by atoms with Crippen LogP contribution in [-0.2, 0) is 9.53 Å². The Morgan fingerprint density at radius 3 is 2.40 bits per heavy atom. The molecule has 0 aliphatic heterocycles. The van der Waals surface area contributed by atoms with E-state index in [0.717, 1.165) is 51.7 Å². The van der Waals surface area contributed by atoms with Crippen LogP contribution in [-0.4, -0.2) is 42.1 Å². The van der Waals surface area contributed by atoms with Crippen LogP contribution in [0.5, 0.6) is 0 Å². The molecule has 0 spiro atoms. The van der Waals surface area contributed by atoms with Gasteiger partial charge < -0.3 is 15.4 Å². The molecule has 2 N–H and O–H groups in total. The largest absolute Gasteiger partial charge is 0.378 e. The van der Waals surface area contributed by atoms with Gasteiger partial charge in [-0.15, -0.1) is 0 Å². The highest BCUT2D eigenvalue weighted by molar-refractivity contribution is 5.77. The average molecular weight is 282 g/mol. The number of ether oxygens (including phenoxy) is 1. The van der Waals surface area contributed by atoms with Crippen molar-refractivity contribution < 1.29 is 9.53 Å². The highest BCUT2D eigenvalue weighted by atomic mass is 16.5. The van der Waals surface area contributed by atoms with Gasteiger partial charge >= 0.3 is 0 Å². The van der Waals surface area contributed by atoms with Gasteiger partial charge in [-0.3, -0.25) is 4.79 Å². The van der Waals surface area contributed by atoms with Crippen LogP contribution in [0.2, 0.25) is 0 Å². The molecule has 116 valence electrons. The zero-order valence-electron chi connectivity index (χ0n) is 13.0. The van der Waals surface area contributed by atoms with Gasteiger partial charge in [0.05, 0.1) is 6.10 Å². The lowest BCUT2D eigenvalue weighted by Gasteiger charge is -2.39. The van der Waals surface area contributed by atoms with Crippen LogP contribution in [0.25, 0.3) is 0 Å². The van der Waals surface area contributed by atoms with Crippen molar-refractivity contribution in [3.05, 3.63) is 0 Å². The summed E-state index contributed by atoms with van der Waals surface area (Å²) in [5.41, 5.74) is 5.95. The third-order valence-electron chi connectivity index (χ3n) is 4.90. The number of rotatable bonds is 6. The van der Waals surface area contributed by atoms with Gasteiger partial charge in [0.15, 0.2) is 0 Å². The quantitative estimate of drug-likeness (QED) is 0.813. The lowest BCUT2D eigenvalue weighted by atomic mass is 9.79. The second-order valence-electron chi connectivity index (χ2n) is 6.37. The molecule has 0 atom stereocenters. The molecule has 0 saturated heterocycles. The van der Waals surface area contributed by atoms with E-state index in [0.29, 0.717) is 36.4 Å². The second-order valence-corrected chi connectivity index (χ2v) is 6.37. The van der Waals surface area contributed by atoms with E-state index < -0.39 is 0 Å². The third-order valence-corrected chi connectivity index (χ3v) is 4.90. The average Bonchev–Trinajstić information content (AvgIpc) is 2.39. The molecule has 2 aliphatic carbocycles. The molecular weight excluding hydrogens is 252 g/mol. The van der Waals surface area contributed by atoms with E-state index in [4.69, 9.17) is 10.5 Å². The molecule has 1 amide bonds. The van der Waals surface area contributed by atoms with Crippen molar-refractivity contribution in [2.45, 2.75) is 77.0 Å². The maximum absolute atomic E-state index is 12.5. The van der Waals surface area contributed by atoms with Crippen LogP contribution >= 0.6 is 0 Å². The first-order valence-electron chi connectivity index (χ1n) is 8.30. The van der Waals surface area contributed by atoms with E-state index >= 15 is 0 Å². The minimum Gasteiger partial charge on any atom is -0.378 e. The molecule has 2 aliphatic rings. The molecule has 0 aromatic rings. The lowest BCUT2D eigenvalue weighted by molar-refractivity contribution is -0.137. The standard InChI is InChI=1S/C16H30N2O2/c1-3-18(14-7-5-13(17)6-8-14)16(19)11-12-9-15(10-12)20-4-2/h12-15H,3-11,17H2,1-2H3. The number of amides is 1. The Morgan fingerprint density at radius 2 is 1.85 bits per heavy atom. The predicted molar refractivity (Wildman–Crippen MR) is 80.4 cm³/mol. The van der Waals surface area contributed by atoms with E-state index in [2.05, 4.69) is 11.8 Å². The molecule has 2 rings (SSSR count). The van der Waals surface area contributed by atoms with Crippen LogP contribution in [0.3, 0.4) is 0 Å². The molecule has 4 nitrogen and oxygen atoms in total. The summed E-state index contributed by atoms with van der Waals surface area (Å²) in [6.07, 6.45) is 7.51. The summed E-state index contributed by atoms with van der Waals surface area (Å²) in [5, 5.41) is 0. The fraction of sp³-hybridized carbons (Fsp3) is 0.938. The minimum absolute atomic E-state index is 0.341. The van der Waals surface area contributed by atoms with Crippen molar-refractivity contribution in [1.29, 1.82) is 0 Å². The van der Waals surface area contributed by atoms with Gasteiger partial charge in [0, 0.05) is 31.7 Å². The van der Waals surface area contributed by atoms with E-state index in [1.165, 1.54) is 0 Å². The number of nitrogens with two attached hydrogens (primary N) is 1. The number of carbonyl (C=O) groups is 1. The first kappa shape index (κ1) is 15.8. The molecule has 0 aromatic heterocycles. The SMILES string of the molecule is CCOC1CC(CC(=O)N(CC)C2CCC(N)CC2)C1. The Kier molecular flexibility index (Phi) is 5.85. The van der Waals surface area contributed by atoms with E-state index in [9.17, 15) is 4.79 Å². The number of nitrogens with zero attached hydrogens (tertiary/aromatic N) is 1. The van der Waals surface area contributed by atoms with Gasteiger partial charge in [-0.1, -0.05) is 0 Å². The molecule has 0 aromatic carbocycles. The molecule has 0 unspecified atom stereocenters. The van der Waals surface area contributed by atoms with Gasteiger partial charge in [0.2, 0.25) is 5.91 Å². The molecule has 0 heterocycles. The number of carbonyl (C=O) groups excluding carboxylic acids is 1. The summed E-state index contributed by atoms with van der Waals surface area (Å²) in [5.74, 6) is 0.881.